The minimum Gasteiger partial charge on any atom is -0.507 e. The van der Waals surface area contributed by atoms with E-state index in [0.29, 0.717) is 11.0 Å². The predicted octanol–water partition coefficient (Wildman–Crippen LogP) is 1.92. The minimum atomic E-state index is 0.264. The molecule has 1 aromatic carbocycles. The lowest BCUT2D eigenvalue weighted by Gasteiger charge is -2.04. The van der Waals surface area contributed by atoms with E-state index in [-0.39, 0.29) is 5.75 Å². The van der Waals surface area contributed by atoms with Crippen molar-refractivity contribution in [2.45, 2.75) is 13.5 Å². The topological polar surface area (TPSA) is 46.2 Å². The molecule has 3 N–H and O–H groups in total. The van der Waals surface area contributed by atoms with Gasteiger partial charge in [-0.2, -0.15) is 0 Å². The SMILES string of the molecule is Cc1cc(O)c(Br)cc1CN. The van der Waals surface area contributed by atoms with Gasteiger partial charge in [0.25, 0.3) is 0 Å². The molecule has 60 valence electrons. The second-order valence-corrected chi connectivity index (χ2v) is 3.29. The number of hydrogen-bond donors (Lipinski definition) is 2. The van der Waals surface area contributed by atoms with Crippen molar-refractivity contribution < 1.29 is 5.11 Å². The molecule has 3 heteroatoms. The monoisotopic (exact) mass is 215 g/mol. The zero-order valence-corrected chi connectivity index (χ0v) is 7.85. The Hall–Kier alpha value is -0.540. The molecule has 0 heterocycles. The van der Waals surface area contributed by atoms with E-state index in [9.17, 15) is 5.11 Å². The molecule has 2 nitrogen and oxygen atoms in total. The maximum absolute atomic E-state index is 9.23. The molecule has 0 radical (unpaired) electrons. The fraction of sp³-hybridized carbons (Fsp3) is 0.250. The number of aryl methyl sites for hydroxylation is 1. The largest absolute Gasteiger partial charge is 0.507 e. The Kier molecular flexibility index (Phi) is 2.52. The third kappa shape index (κ3) is 1.73. The summed E-state index contributed by atoms with van der Waals surface area (Å²) < 4.78 is 0.698. The lowest BCUT2D eigenvalue weighted by molar-refractivity contribution is 0.471. The van der Waals surface area contributed by atoms with Crippen molar-refractivity contribution in [3.8, 4) is 5.75 Å². The Morgan fingerprint density at radius 1 is 1.55 bits per heavy atom. The van der Waals surface area contributed by atoms with Crippen molar-refractivity contribution in [2.75, 3.05) is 0 Å². The first-order chi connectivity index (χ1) is 5.15. The van der Waals surface area contributed by atoms with Crippen molar-refractivity contribution in [1.82, 2.24) is 0 Å². The zero-order valence-electron chi connectivity index (χ0n) is 6.26. The first-order valence-electron chi connectivity index (χ1n) is 3.33. The number of phenolic OH excluding ortho intramolecular Hbond substituents is 1. The average Bonchev–Trinajstić information content (AvgIpc) is 1.97. The molecule has 1 aromatic rings. The summed E-state index contributed by atoms with van der Waals surface area (Å²) in [5.41, 5.74) is 7.54. The second kappa shape index (κ2) is 3.24. The smallest absolute Gasteiger partial charge is 0.130 e. The third-order valence-electron chi connectivity index (χ3n) is 1.63. The highest BCUT2D eigenvalue weighted by molar-refractivity contribution is 9.10. The molecule has 0 fully saturated rings. The van der Waals surface area contributed by atoms with Gasteiger partial charge in [-0.3, -0.25) is 0 Å². The van der Waals surface area contributed by atoms with E-state index < -0.39 is 0 Å². The number of nitrogens with two attached hydrogens (primary N) is 1. The van der Waals surface area contributed by atoms with E-state index in [4.69, 9.17) is 5.73 Å². The maximum Gasteiger partial charge on any atom is 0.130 e. The molecule has 0 saturated carbocycles. The Balaban J connectivity index is 3.21. The van der Waals surface area contributed by atoms with Gasteiger partial charge in [0.05, 0.1) is 4.47 Å². The van der Waals surface area contributed by atoms with E-state index >= 15 is 0 Å². The second-order valence-electron chi connectivity index (χ2n) is 2.43. The molecular formula is C8H10BrNO. The van der Waals surface area contributed by atoms with Crippen LogP contribution in [0.3, 0.4) is 0 Å². The molecule has 0 atom stereocenters. The lowest BCUT2D eigenvalue weighted by Crippen LogP contribution is -1.98. The van der Waals surface area contributed by atoms with Crippen molar-refractivity contribution in [2.24, 2.45) is 5.73 Å². The van der Waals surface area contributed by atoms with E-state index in [0.717, 1.165) is 11.1 Å². The molecule has 0 unspecified atom stereocenters. The number of aromatic hydroxyl groups is 1. The molecule has 0 bridgehead atoms. The highest BCUT2D eigenvalue weighted by Crippen LogP contribution is 2.26. The van der Waals surface area contributed by atoms with Gasteiger partial charge in [-0.25, -0.2) is 0 Å². The van der Waals surface area contributed by atoms with Crippen LogP contribution in [0.2, 0.25) is 0 Å². The van der Waals surface area contributed by atoms with Gasteiger partial charge in [0.1, 0.15) is 5.75 Å². The van der Waals surface area contributed by atoms with Gasteiger partial charge in [0, 0.05) is 6.54 Å². The van der Waals surface area contributed by atoms with Gasteiger partial charge < -0.3 is 10.8 Å². The van der Waals surface area contributed by atoms with Crippen molar-refractivity contribution >= 4 is 15.9 Å². The van der Waals surface area contributed by atoms with E-state index in [1.165, 1.54) is 0 Å². The van der Waals surface area contributed by atoms with E-state index in [1.54, 1.807) is 6.07 Å². The summed E-state index contributed by atoms with van der Waals surface area (Å²) in [6.45, 7) is 2.43. The van der Waals surface area contributed by atoms with Crippen LogP contribution in [0.15, 0.2) is 16.6 Å². The third-order valence-corrected chi connectivity index (χ3v) is 2.26. The molecular weight excluding hydrogens is 206 g/mol. The van der Waals surface area contributed by atoms with Crippen LogP contribution in [0.25, 0.3) is 0 Å². The van der Waals surface area contributed by atoms with Crippen LogP contribution in [-0.2, 0) is 6.54 Å². The average molecular weight is 216 g/mol. The van der Waals surface area contributed by atoms with Gasteiger partial charge in [0.15, 0.2) is 0 Å². The molecule has 0 aliphatic heterocycles. The van der Waals surface area contributed by atoms with Crippen molar-refractivity contribution in [1.29, 1.82) is 0 Å². The first kappa shape index (κ1) is 8.56. The Morgan fingerprint density at radius 2 is 2.18 bits per heavy atom. The molecule has 0 saturated heterocycles. The van der Waals surface area contributed by atoms with Gasteiger partial charge in [0.2, 0.25) is 0 Å². The van der Waals surface area contributed by atoms with Gasteiger partial charge >= 0.3 is 0 Å². The fourth-order valence-electron chi connectivity index (χ4n) is 0.927. The number of halogens is 1. The van der Waals surface area contributed by atoms with Gasteiger partial charge in [-0.05, 0) is 46.1 Å². The first-order valence-corrected chi connectivity index (χ1v) is 4.12. The fourth-order valence-corrected chi connectivity index (χ4v) is 1.32. The summed E-state index contributed by atoms with van der Waals surface area (Å²) in [7, 11) is 0. The van der Waals surface area contributed by atoms with Gasteiger partial charge in [-0.1, -0.05) is 0 Å². The van der Waals surface area contributed by atoms with Crippen LogP contribution < -0.4 is 5.73 Å². The normalized spacial score (nSPS) is 10.1. The van der Waals surface area contributed by atoms with E-state index in [1.807, 2.05) is 13.0 Å². The van der Waals surface area contributed by atoms with Crippen LogP contribution in [-0.4, -0.2) is 5.11 Å². The summed E-state index contributed by atoms with van der Waals surface area (Å²) in [6, 6.07) is 3.54. The molecule has 0 aliphatic carbocycles. The predicted molar refractivity (Wildman–Crippen MR) is 48.4 cm³/mol. The van der Waals surface area contributed by atoms with Crippen LogP contribution in [0, 0.1) is 6.92 Å². The minimum absolute atomic E-state index is 0.264. The Morgan fingerprint density at radius 3 is 2.73 bits per heavy atom. The zero-order chi connectivity index (χ0) is 8.43. The van der Waals surface area contributed by atoms with Gasteiger partial charge in [-0.15, -0.1) is 0 Å². The summed E-state index contributed by atoms with van der Waals surface area (Å²) in [5.74, 6) is 0.264. The molecule has 11 heavy (non-hydrogen) atoms. The maximum atomic E-state index is 9.23. The summed E-state index contributed by atoms with van der Waals surface area (Å²) in [6.07, 6.45) is 0. The summed E-state index contributed by atoms with van der Waals surface area (Å²) in [5, 5.41) is 9.23. The number of hydrogen-bond acceptors (Lipinski definition) is 2. The lowest BCUT2D eigenvalue weighted by atomic mass is 10.1. The van der Waals surface area contributed by atoms with Crippen LogP contribution in [0.4, 0.5) is 0 Å². The highest BCUT2D eigenvalue weighted by Gasteiger charge is 2.01. The van der Waals surface area contributed by atoms with Crippen LogP contribution in [0.1, 0.15) is 11.1 Å². The van der Waals surface area contributed by atoms with Crippen LogP contribution >= 0.6 is 15.9 Å². The number of rotatable bonds is 1. The molecule has 1 rings (SSSR count). The van der Waals surface area contributed by atoms with Crippen LogP contribution in [0.5, 0.6) is 5.75 Å². The molecule has 0 aromatic heterocycles. The number of benzene rings is 1. The molecule has 0 amide bonds. The highest BCUT2D eigenvalue weighted by atomic mass is 79.9. The summed E-state index contributed by atoms with van der Waals surface area (Å²) in [4.78, 5) is 0. The Labute approximate surface area is 74.2 Å². The van der Waals surface area contributed by atoms with E-state index in [2.05, 4.69) is 15.9 Å². The van der Waals surface area contributed by atoms with Crippen molar-refractivity contribution in [3.05, 3.63) is 27.7 Å². The van der Waals surface area contributed by atoms with Crippen molar-refractivity contribution in [3.63, 3.8) is 0 Å². The quantitative estimate of drug-likeness (QED) is 0.753. The number of phenols is 1. The Bertz CT molecular complexity index is 273. The molecule has 0 aliphatic rings. The molecule has 0 spiro atoms. The summed E-state index contributed by atoms with van der Waals surface area (Å²) >= 11 is 3.22. The standard InChI is InChI=1S/C8H10BrNO/c1-5-2-8(11)7(9)3-6(5)4-10/h2-3,11H,4,10H2,1H3.